The Labute approximate surface area is 134 Å². The van der Waals surface area contributed by atoms with Gasteiger partial charge in [-0.25, -0.2) is 0 Å². The first kappa shape index (κ1) is 15.3. The van der Waals surface area contributed by atoms with Crippen LogP contribution in [0.5, 0.6) is 5.75 Å². The Kier molecular flexibility index (Phi) is 4.54. The number of ether oxygens (including phenoxy) is 1. The van der Waals surface area contributed by atoms with Crippen molar-refractivity contribution in [3.8, 4) is 5.75 Å². The first-order valence-corrected chi connectivity index (χ1v) is 9.48. The summed E-state index contributed by atoms with van der Waals surface area (Å²) >= 11 is 3.47. The number of rotatable bonds is 4. The van der Waals surface area contributed by atoms with Gasteiger partial charge in [0.1, 0.15) is 5.75 Å². The Morgan fingerprint density at radius 3 is 2.76 bits per heavy atom. The molecule has 0 amide bonds. The molecule has 0 bridgehead atoms. The molecule has 1 aromatic carbocycles. The minimum atomic E-state index is -3.40. The first-order chi connectivity index (χ1) is 10.1. The third-order valence-electron chi connectivity index (χ3n) is 3.93. The number of hydrogen-bond acceptors (Lipinski definition) is 3. The Balaban J connectivity index is 1.73. The Morgan fingerprint density at radius 2 is 2.00 bits per heavy atom. The van der Waals surface area contributed by atoms with Gasteiger partial charge in [0.15, 0.2) is 0 Å². The number of halogens is 1. The van der Waals surface area contributed by atoms with Crippen molar-refractivity contribution in [3.05, 3.63) is 27.7 Å². The van der Waals surface area contributed by atoms with Crippen LogP contribution >= 0.6 is 15.9 Å². The molecule has 0 aliphatic carbocycles. The molecule has 2 heterocycles. The van der Waals surface area contributed by atoms with Gasteiger partial charge in [-0.05, 0) is 30.5 Å². The molecule has 5 nitrogen and oxygen atoms in total. The van der Waals surface area contributed by atoms with Crippen molar-refractivity contribution in [2.75, 3.05) is 19.7 Å². The van der Waals surface area contributed by atoms with Gasteiger partial charge in [-0.1, -0.05) is 22.4 Å². The van der Waals surface area contributed by atoms with Gasteiger partial charge in [-0.3, -0.25) is 0 Å². The Bertz CT molecular complexity index is 627. The summed E-state index contributed by atoms with van der Waals surface area (Å²) in [6, 6.07) is 3.95. The van der Waals surface area contributed by atoms with Crippen LogP contribution in [-0.2, 0) is 23.2 Å². The summed E-state index contributed by atoms with van der Waals surface area (Å²) in [5.74, 6) is 0.833. The van der Waals surface area contributed by atoms with Crippen LogP contribution in [-0.4, -0.2) is 32.4 Å². The highest BCUT2D eigenvalue weighted by atomic mass is 79.9. The van der Waals surface area contributed by atoms with E-state index in [0.717, 1.165) is 47.0 Å². The fourth-order valence-electron chi connectivity index (χ4n) is 2.84. The Hall–Kier alpha value is -0.630. The fourth-order valence-corrected chi connectivity index (χ4v) is 4.65. The van der Waals surface area contributed by atoms with E-state index in [1.54, 1.807) is 0 Å². The molecule has 3 rings (SSSR count). The van der Waals surface area contributed by atoms with Crippen LogP contribution in [0.3, 0.4) is 0 Å². The normalized spacial score (nSPS) is 19.3. The second kappa shape index (κ2) is 6.24. The van der Waals surface area contributed by atoms with Crippen molar-refractivity contribution in [2.24, 2.45) is 0 Å². The molecule has 2 aliphatic heterocycles. The zero-order valence-electron chi connectivity index (χ0n) is 11.8. The molecule has 0 saturated carbocycles. The third-order valence-corrected chi connectivity index (χ3v) is 5.94. The molecule has 0 aromatic heterocycles. The van der Waals surface area contributed by atoms with Gasteiger partial charge in [-0.15, -0.1) is 0 Å². The molecule has 1 aromatic rings. The molecule has 1 saturated heterocycles. The van der Waals surface area contributed by atoms with Crippen LogP contribution in [0.1, 0.15) is 30.4 Å². The van der Waals surface area contributed by atoms with Gasteiger partial charge in [0.25, 0.3) is 10.2 Å². The van der Waals surface area contributed by atoms with Crippen LogP contribution in [0.15, 0.2) is 16.6 Å². The zero-order chi connectivity index (χ0) is 14.9. The van der Waals surface area contributed by atoms with Gasteiger partial charge >= 0.3 is 0 Å². The van der Waals surface area contributed by atoms with Crippen LogP contribution in [0.2, 0.25) is 0 Å². The van der Waals surface area contributed by atoms with Crippen LogP contribution in [0.25, 0.3) is 0 Å². The zero-order valence-corrected chi connectivity index (χ0v) is 14.2. The quantitative estimate of drug-likeness (QED) is 0.878. The lowest BCUT2D eigenvalue weighted by Crippen LogP contribution is -2.43. The van der Waals surface area contributed by atoms with Crippen molar-refractivity contribution in [3.63, 3.8) is 0 Å². The number of fused-ring (bicyclic) bond motifs is 1. The average molecular weight is 375 g/mol. The lowest BCUT2D eigenvalue weighted by molar-refractivity contribution is 0.340. The van der Waals surface area contributed by atoms with Crippen molar-refractivity contribution in [1.82, 2.24) is 9.03 Å². The van der Waals surface area contributed by atoms with E-state index >= 15 is 0 Å². The van der Waals surface area contributed by atoms with Crippen molar-refractivity contribution >= 4 is 26.1 Å². The molecule has 0 spiro atoms. The molecular formula is C14H19BrN2O3S. The molecule has 0 radical (unpaired) electrons. The van der Waals surface area contributed by atoms with E-state index in [1.807, 2.05) is 12.1 Å². The van der Waals surface area contributed by atoms with Gasteiger partial charge in [0, 0.05) is 36.1 Å². The predicted molar refractivity (Wildman–Crippen MR) is 84.5 cm³/mol. The van der Waals surface area contributed by atoms with Crippen LogP contribution in [0.4, 0.5) is 0 Å². The molecular weight excluding hydrogens is 356 g/mol. The highest BCUT2D eigenvalue weighted by Gasteiger charge is 2.24. The van der Waals surface area contributed by atoms with Gasteiger partial charge < -0.3 is 4.74 Å². The maximum atomic E-state index is 12.3. The molecule has 1 fully saturated rings. The second-order valence-electron chi connectivity index (χ2n) is 5.44. The standard InChI is InChI=1S/C14H19BrN2O3S/c15-13-8-11-4-7-20-14(11)12(9-13)10-16-21(18,19)17-5-2-1-3-6-17/h8-9,16H,1-7,10H2. The number of benzene rings is 1. The molecule has 1 N–H and O–H groups in total. The lowest BCUT2D eigenvalue weighted by atomic mass is 10.1. The van der Waals surface area contributed by atoms with Crippen molar-refractivity contribution < 1.29 is 13.2 Å². The van der Waals surface area contributed by atoms with E-state index in [2.05, 4.69) is 20.7 Å². The summed E-state index contributed by atoms with van der Waals surface area (Å²) in [6.45, 7) is 2.16. The van der Waals surface area contributed by atoms with Gasteiger partial charge in [-0.2, -0.15) is 17.4 Å². The molecule has 2 aliphatic rings. The summed E-state index contributed by atoms with van der Waals surface area (Å²) in [5.41, 5.74) is 2.02. The molecule has 7 heteroatoms. The maximum absolute atomic E-state index is 12.3. The van der Waals surface area contributed by atoms with Crippen LogP contribution < -0.4 is 9.46 Å². The largest absolute Gasteiger partial charge is 0.493 e. The van der Waals surface area contributed by atoms with E-state index in [0.29, 0.717) is 19.7 Å². The minimum Gasteiger partial charge on any atom is -0.493 e. The molecule has 116 valence electrons. The number of hydrogen-bond donors (Lipinski definition) is 1. The summed E-state index contributed by atoms with van der Waals surface area (Å²) in [4.78, 5) is 0. The smallest absolute Gasteiger partial charge is 0.279 e. The van der Waals surface area contributed by atoms with Crippen LogP contribution in [0, 0.1) is 0 Å². The highest BCUT2D eigenvalue weighted by molar-refractivity contribution is 9.10. The van der Waals surface area contributed by atoms with Gasteiger partial charge in [0.2, 0.25) is 0 Å². The summed E-state index contributed by atoms with van der Waals surface area (Å²) in [6.07, 6.45) is 3.87. The second-order valence-corrected chi connectivity index (χ2v) is 8.11. The molecule has 0 atom stereocenters. The highest BCUT2D eigenvalue weighted by Crippen LogP contribution is 2.33. The lowest BCUT2D eigenvalue weighted by Gasteiger charge is -2.26. The van der Waals surface area contributed by atoms with Crippen molar-refractivity contribution in [2.45, 2.75) is 32.2 Å². The first-order valence-electron chi connectivity index (χ1n) is 7.25. The minimum absolute atomic E-state index is 0.264. The molecule has 21 heavy (non-hydrogen) atoms. The SMILES string of the molecule is O=S(=O)(NCc1cc(Br)cc2c1OCC2)N1CCCCC1. The number of piperidine rings is 1. The van der Waals surface area contributed by atoms with E-state index in [-0.39, 0.29) is 6.54 Å². The van der Waals surface area contributed by atoms with E-state index < -0.39 is 10.2 Å². The maximum Gasteiger partial charge on any atom is 0.279 e. The fraction of sp³-hybridized carbons (Fsp3) is 0.571. The van der Waals surface area contributed by atoms with E-state index in [4.69, 9.17) is 4.74 Å². The predicted octanol–water partition coefficient (Wildman–Crippen LogP) is 2.20. The topological polar surface area (TPSA) is 58.6 Å². The average Bonchev–Trinajstić information content (AvgIpc) is 2.94. The Morgan fingerprint density at radius 1 is 1.24 bits per heavy atom. The van der Waals surface area contributed by atoms with E-state index in [1.165, 1.54) is 4.31 Å². The van der Waals surface area contributed by atoms with Gasteiger partial charge in [0.05, 0.1) is 6.61 Å². The third kappa shape index (κ3) is 3.41. The molecule has 0 unspecified atom stereocenters. The van der Waals surface area contributed by atoms with Crippen molar-refractivity contribution in [1.29, 1.82) is 0 Å². The van der Waals surface area contributed by atoms with E-state index in [9.17, 15) is 8.42 Å². The monoisotopic (exact) mass is 374 g/mol. The summed E-state index contributed by atoms with van der Waals surface area (Å²) in [5, 5.41) is 0. The summed E-state index contributed by atoms with van der Waals surface area (Å²) in [7, 11) is -3.40. The number of nitrogens with zero attached hydrogens (tertiary/aromatic N) is 1. The number of nitrogens with one attached hydrogen (secondary N) is 1. The summed E-state index contributed by atoms with van der Waals surface area (Å²) < 4.78 is 35.4.